The minimum absolute atomic E-state index is 0.538. The number of anilines is 1. The summed E-state index contributed by atoms with van der Waals surface area (Å²) in [5.74, 6) is 1.85. The molecular formula is C9H14N2O. The molecule has 1 aromatic heterocycles. The molecule has 12 heavy (non-hydrogen) atoms. The van der Waals surface area contributed by atoms with Crippen molar-refractivity contribution in [2.24, 2.45) is 0 Å². The Morgan fingerprint density at radius 3 is 3.08 bits per heavy atom. The minimum atomic E-state index is 0.538. The Kier molecular flexibility index (Phi) is 2.04. The molecule has 0 amide bonds. The Morgan fingerprint density at radius 2 is 2.50 bits per heavy atom. The molecule has 0 radical (unpaired) electrons. The maximum atomic E-state index is 5.41. The number of furan rings is 1. The fraction of sp³-hybridized carbons (Fsp3) is 0.556. The molecule has 1 fully saturated rings. The van der Waals surface area contributed by atoms with Gasteiger partial charge < -0.3 is 15.1 Å². The van der Waals surface area contributed by atoms with E-state index in [0.717, 1.165) is 24.7 Å². The average Bonchev–Trinajstić information content (AvgIpc) is 2.63. The zero-order valence-electron chi connectivity index (χ0n) is 7.26. The number of rotatable bonds is 2. The third-order valence-corrected chi connectivity index (χ3v) is 2.15. The molecule has 0 aromatic carbocycles. The van der Waals surface area contributed by atoms with Gasteiger partial charge in [0.25, 0.3) is 0 Å². The molecule has 1 saturated heterocycles. The summed E-state index contributed by atoms with van der Waals surface area (Å²) in [7, 11) is 0. The molecule has 2 heterocycles. The predicted molar refractivity (Wildman–Crippen MR) is 48.3 cm³/mol. The lowest BCUT2D eigenvalue weighted by Gasteiger charge is -2.08. The summed E-state index contributed by atoms with van der Waals surface area (Å²) in [5, 5.41) is 6.63. The molecule has 1 atom stereocenters. The summed E-state index contributed by atoms with van der Waals surface area (Å²) in [6.07, 6.45) is 1.18. The molecule has 1 aromatic rings. The molecule has 0 spiro atoms. The Hall–Kier alpha value is -0.960. The third-order valence-electron chi connectivity index (χ3n) is 2.15. The van der Waals surface area contributed by atoms with Crippen molar-refractivity contribution in [2.45, 2.75) is 19.4 Å². The van der Waals surface area contributed by atoms with Crippen LogP contribution >= 0.6 is 0 Å². The molecule has 2 rings (SSSR count). The van der Waals surface area contributed by atoms with Crippen LogP contribution in [0, 0.1) is 6.92 Å². The molecule has 0 bridgehead atoms. The molecule has 66 valence electrons. The van der Waals surface area contributed by atoms with Crippen molar-refractivity contribution in [3.8, 4) is 0 Å². The summed E-state index contributed by atoms with van der Waals surface area (Å²) in [6, 6.07) is 4.49. The van der Waals surface area contributed by atoms with Crippen LogP contribution < -0.4 is 10.6 Å². The summed E-state index contributed by atoms with van der Waals surface area (Å²) in [6.45, 7) is 4.11. The number of nitrogens with one attached hydrogen (secondary N) is 2. The first-order chi connectivity index (χ1) is 5.84. The van der Waals surface area contributed by atoms with Gasteiger partial charge >= 0.3 is 0 Å². The molecule has 2 N–H and O–H groups in total. The Balaban J connectivity index is 1.94. The lowest BCUT2D eigenvalue weighted by molar-refractivity contribution is 0.538. The highest BCUT2D eigenvalue weighted by Gasteiger charge is 2.14. The van der Waals surface area contributed by atoms with E-state index < -0.39 is 0 Å². The Labute approximate surface area is 72.1 Å². The van der Waals surface area contributed by atoms with Gasteiger partial charge in [0.15, 0.2) is 5.88 Å². The molecule has 0 saturated carbocycles. The summed E-state index contributed by atoms with van der Waals surface area (Å²) >= 11 is 0. The van der Waals surface area contributed by atoms with Crippen LogP contribution in [-0.4, -0.2) is 19.1 Å². The Morgan fingerprint density at radius 1 is 1.58 bits per heavy atom. The zero-order chi connectivity index (χ0) is 8.39. The topological polar surface area (TPSA) is 37.2 Å². The third kappa shape index (κ3) is 1.61. The van der Waals surface area contributed by atoms with Gasteiger partial charge in [-0.3, -0.25) is 0 Å². The lowest BCUT2D eigenvalue weighted by atomic mass is 10.3. The lowest BCUT2D eigenvalue weighted by Crippen LogP contribution is -2.21. The molecule has 0 aliphatic carbocycles. The van der Waals surface area contributed by atoms with Gasteiger partial charge in [-0.25, -0.2) is 0 Å². The van der Waals surface area contributed by atoms with Crippen molar-refractivity contribution in [2.75, 3.05) is 18.4 Å². The van der Waals surface area contributed by atoms with E-state index >= 15 is 0 Å². The second-order valence-electron chi connectivity index (χ2n) is 3.24. The van der Waals surface area contributed by atoms with Crippen LogP contribution in [-0.2, 0) is 0 Å². The fourth-order valence-corrected chi connectivity index (χ4v) is 1.49. The predicted octanol–water partition coefficient (Wildman–Crippen LogP) is 1.36. The average molecular weight is 166 g/mol. The highest BCUT2D eigenvalue weighted by Crippen LogP contribution is 2.14. The van der Waals surface area contributed by atoms with Gasteiger partial charge in [-0.1, -0.05) is 0 Å². The first kappa shape index (κ1) is 7.68. The standard InChI is InChI=1S/C9H14N2O/c1-7-2-3-9(12-7)11-8-4-5-10-6-8/h2-3,8,10-11H,4-6H2,1H3. The van der Waals surface area contributed by atoms with E-state index in [4.69, 9.17) is 4.42 Å². The number of hydrogen-bond donors (Lipinski definition) is 2. The summed E-state index contributed by atoms with van der Waals surface area (Å²) in [5.41, 5.74) is 0. The SMILES string of the molecule is Cc1ccc(NC2CCNC2)o1. The monoisotopic (exact) mass is 166 g/mol. The van der Waals surface area contributed by atoms with Crippen LogP contribution in [0.25, 0.3) is 0 Å². The van der Waals surface area contributed by atoms with E-state index in [1.54, 1.807) is 0 Å². The van der Waals surface area contributed by atoms with Gasteiger partial charge in [-0.15, -0.1) is 0 Å². The maximum Gasteiger partial charge on any atom is 0.193 e. The van der Waals surface area contributed by atoms with Crippen LogP contribution in [0.2, 0.25) is 0 Å². The fourth-order valence-electron chi connectivity index (χ4n) is 1.49. The maximum absolute atomic E-state index is 5.41. The van der Waals surface area contributed by atoms with Gasteiger partial charge in [0, 0.05) is 18.7 Å². The van der Waals surface area contributed by atoms with E-state index in [0.29, 0.717) is 6.04 Å². The van der Waals surface area contributed by atoms with Gasteiger partial charge in [0.1, 0.15) is 5.76 Å². The second kappa shape index (κ2) is 3.19. The van der Waals surface area contributed by atoms with Crippen molar-refractivity contribution in [3.63, 3.8) is 0 Å². The van der Waals surface area contributed by atoms with Crippen molar-refractivity contribution in [1.29, 1.82) is 0 Å². The van der Waals surface area contributed by atoms with E-state index in [-0.39, 0.29) is 0 Å². The normalized spacial score (nSPS) is 22.9. The van der Waals surface area contributed by atoms with Crippen molar-refractivity contribution in [3.05, 3.63) is 17.9 Å². The Bertz CT molecular complexity index is 251. The van der Waals surface area contributed by atoms with E-state index in [1.807, 2.05) is 19.1 Å². The largest absolute Gasteiger partial charge is 0.446 e. The van der Waals surface area contributed by atoms with Crippen LogP contribution in [0.3, 0.4) is 0 Å². The first-order valence-corrected chi connectivity index (χ1v) is 4.38. The van der Waals surface area contributed by atoms with Gasteiger partial charge in [-0.2, -0.15) is 0 Å². The zero-order valence-corrected chi connectivity index (χ0v) is 7.26. The molecule has 1 aliphatic rings. The van der Waals surface area contributed by atoms with E-state index in [1.165, 1.54) is 6.42 Å². The first-order valence-electron chi connectivity index (χ1n) is 4.38. The molecule has 1 unspecified atom stereocenters. The van der Waals surface area contributed by atoms with Crippen LogP contribution in [0.5, 0.6) is 0 Å². The van der Waals surface area contributed by atoms with Crippen molar-refractivity contribution < 1.29 is 4.42 Å². The molecular weight excluding hydrogens is 152 g/mol. The smallest absolute Gasteiger partial charge is 0.193 e. The van der Waals surface area contributed by atoms with E-state index in [9.17, 15) is 0 Å². The van der Waals surface area contributed by atoms with Gasteiger partial charge in [0.2, 0.25) is 0 Å². The number of aryl methyl sites for hydroxylation is 1. The highest BCUT2D eigenvalue weighted by molar-refractivity contribution is 5.33. The number of hydrogen-bond acceptors (Lipinski definition) is 3. The van der Waals surface area contributed by atoms with Gasteiger partial charge in [0.05, 0.1) is 0 Å². The van der Waals surface area contributed by atoms with Crippen molar-refractivity contribution in [1.82, 2.24) is 5.32 Å². The molecule has 1 aliphatic heterocycles. The van der Waals surface area contributed by atoms with Crippen LogP contribution in [0.15, 0.2) is 16.5 Å². The van der Waals surface area contributed by atoms with Crippen LogP contribution in [0.1, 0.15) is 12.2 Å². The molecule has 3 heteroatoms. The summed E-state index contributed by atoms with van der Waals surface area (Å²) in [4.78, 5) is 0. The highest BCUT2D eigenvalue weighted by atomic mass is 16.4. The van der Waals surface area contributed by atoms with Crippen molar-refractivity contribution >= 4 is 5.88 Å². The van der Waals surface area contributed by atoms with Gasteiger partial charge in [-0.05, 0) is 26.0 Å². The summed E-state index contributed by atoms with van der Waals surface area (Å²) < 4.78 is 5.41. The minimum Gasteiger partial charge on any atom is -0.446 e. The van der Waals surface area contributed by atoms with Crippen LogP contribution in [0.4, 0.5) is 5.88 Å². The quantitative estimate of drug-likeness (QED) is 0.696. The van der Waals surface area contributed by atoms with E-state index in [2.05, 4.69) is 10.6 Å². The second-order valence-corrected chi connectivity index (χ2v) is 3.24. The molecule has 3 nitrogen and oxygen atoms in total.